The van der Waals surface area contributed by atoms with Crippen molar-refractivity contribution in [2.45, 2.75) is 32.4 Å². The van der Waals surface area contributed by atoms with Crippen LogP contribution in [0.1, 0.15) is 47.1 Å². The van der Waals surface area contributed by atoms with Gasteiger partial charge in [0.05, 0.1) is 11.3 Å². The van der Waals surface area contributed by atoms with Crippen molar-refractivity contribution in [2.75, 3.05) is 11.4 Å². The van der Waals surface area contributed by atoms with E-state index in [0.29, 0.717) is 18.0 Å². The van der Waals surface area contributed by atoms with Crippen molar-refractivity contribution in [3.05, 3.63) is 100 Å². The van der Waals surface area contributed by atoms with Crippen LogP contribution in [0.15, 0.2) is 72.8 Å². The fourth-order valence-electron chi connectivity index (χ4n) is 5.57. The Balaban J connectivity index is 1.47. The van der Waals surface area contributed by atoms with Crippen molar-refractivity contribution in [1.82, 2.24) is 15.2 Å². The molecule has 1 saturated heterocycles. The Morgan fingerprint density at radius 2 is 1.82 bits per heavy atom. The summed E-state index contributed by atoms with van der Waals surface area (Å²) >= 11 is 6.37. The number of imide groups is 1. The molecule has 192 valence electrons. The Hall–Kier alpha value is -4.10. The normalized spacial score (nSPS) is 18.7. The highest BCUT2D eigenvalue weighted by Crippen LogP contribution is 2.45. The van der Waals surface area contributed by atoms with Gasteiger partial charge in [0, 0.05) is 34.6 Å². The summed E-state index contributed by atoms with van der Waals surface area (Å²) in [5, 5.41) is 4.48. The number of carbonyl (C=O) groups is 3. The number of aromatic amines is 1. The molecule has 1 unspecified atom stereocenters. The van der Waals surface area contributed by atoms with Crippen molar-refractivity contribution in [3.63, 3.8) is 0 Å². The molecule has 0 spiro atoms. The van der Waals surface area contributed by atoms with E-state index in [0.717, 1.165) is 27.7 Å². The molecule has 1 fully saturated rings. The van der Waals surface area contributed by atoms with Crippen molar-refractivity contribution in [3.8, 4) is 0 Å². The van der Waals surface area contributed by atoms with E-state index < -0.39 is 18.1 Å². The zero-order chi connectivity index (χ0) is 26.6. The van der Waals surface area contributed by atoms with Crippen LogP contribution in [0.25, 0.3) is 10.9 Å². The Kier molecular flexibility index (Phi) is 5.95. The van der Waals surface area contributed by atoms with Gasteiger partial charge in [0.1, 0.15) is 12.1 Å². The first-order valence-electron chi connectivity index (χ1n) is 12.7. The largest absolute Gasteiger partial charge is 0.356 e. The zero-order valence-corrected chi connectivity index (χ0v) is 21.8. The van der Waals surface area contributed by atoms with Gasteiger partial charge >= 0.3 is 6.03 Å². The number of carbonyl (C=O) groups excluding carboxylic acids is 3. The van der Waals surface area contributed by atoms with Crippen LogP contribution in [0.4, 0.5) is 10.5 Å². The minimum atomic E-state index is -0.718. The standard InChI is InChI=1S/C30H27ClN4O3/c1-17(2)16-32-28(36)21-11-4-6-13-24(21)35-29(37)25-15-22-20-10-3-5-12-23(20)33-26(22)27(34(25)30(35)38)18-8-7-9-19(31)14-18/h3-14,17,25,27,33H,15-16H2,1-2H3,(H,32,36)/t25-,27?/m0/s1. The van der Waals surface area contributed by atoms with Crippen LogP contribution in [0, 0.1) is 5.92 Å². The number of rotatable bonds is 5. The number of nitrogens with one attached hydrogen (secondary N) is 2. The molecule has 0 radical (unpaired) electrons. The number of benzene rings is 3. The molecule has 38 heavy (non-hydrogen) atoms. The summed E-state index contributed by atoms with van der Waals surface area (Å²) in [6.45, 7) is 4.50. The third kappa shape index (κ3) is 3.85. The van der Waals surface area contributed by atoms with E-state index in [1.807, 2.05) is 56.3 Å². The van der Waals surface area contributed by atoms with E-state index in [1.54, 1.807) is 35.2 Å². The molecular formula is C30H27ClN4O3. The Labute approximate surface area is 225 Å². The first kappa shape index (κ1) is 24.2. The maximum atomic E-state index is 14.1. The van der Waals surface area contributed by atoms with Crippen LogP contribution in [-0.4, -0.2) is 40.3 Å². The topological polar surface area (TPSA) is 85.5 Å². The fourth-order valence-corrected chi connectivity index (χ4v) is 5.77. The molecule has 2 aliphatic heterocycles. The van der Waals surface area contributed by atoms with Crippen molar-refractivity contribution >= 4 is 46.0 Å². The van der Waals surface area contributed by atoms with Crippen LogP contribution in [0.5, 0.6) is 0 Å². The second-order valence-corrected chi connectivity index (χ2v) is 10.7. The van der Waals surface area contributed by atoms with Crippen LogP contribution >= 0.6 is 11.6 Å². The zero-order valence-electron chi connectivity index (χ0n) is 21.1. The molecule has 2 N–H and O–H groups in total. The number of H-pyrrole nitrogens is 1. The minimum absolute atomic E-state index is 0.262. The maximum absolute atomic E-state index is 14.1. The van der Waals surface area contributed by atoms with Gasteiger partial charge in [0.15, 0.2) is 0 Å². The molecule has 3 aromatic carbocycles. The second-order valence-electron chi connectivity index (χ2n) is 10.2. The number of para-hydroxylation sites is 2. The molecule has 0 aliphatic carbocycles. The van der Waals surface area contributed by atoms with E-state index in [4.69, 9.17) is 11.6 Å². The second kappa shape index (κ2) is 9.33. The third-order valence-electron chi connectivity index (χ3n) is 7.27. The number of hydrogen-bond donors (Lipinski definition) is 2. The van der Waals surface area contributed by atoms with Crippen molar-refractivity contribution in [1.29, 1.82) is 0 Å². The summed E-state index contributed by atoms with van der Waals surface area (Å²) in [5.74, 6) is -0.401. The molecule has 0 saturated carbocycles. The Bertz CT molecular complexity index is 1590. The molecule has 8 heteroatoms. The van der Waals surface area contributed by atoms with E-state index in [-0.39, 0.29) is 29.0 Å². The van der Waals surface area contributed by atoms with Gasteiger partial charge in [0.2, 0.25) is 0 Å². The number of hydrogen-bond acceptors (Lipinski definition) is 3. The summed E-state index contributed by atoms with van der Waals surface area (Å²) in [6, 6.07) is 20.4. The lowest BCUT2D eigenvalue weighted by atomic mass is 9.89. The van der Waals surface area contributed by atoms with E-state index in [1.165, 1.54) is 4.90 Å². The number of nitrogens with zero attached hydrogens (tertiary/aromatic N) is 2. The van der Waals surface area contributed by atoms with Gasteiger partial charge in [-0.15, -0.1) is 0 Å². The summed E-state index contributed by atoms with van der Waals surface area (Å²) in [7, 11) is 0. The van der Waals surface area contributed by atoms with Gasteiger partial charge in [-0.25, -0.2) is 9.69 Å². The molecule has 2 aliphatic rings. The van der Waals surface area contributed by atoms with E-state index in [9.17, 15) is 14.4 Å². The number of amides is 4. The van der Waals surface area contributed by atoms with Gasteiger partial charge in [-0.05, 0) is 47.4 Å². The van der Waals surface area contributed by atoms with Gasteiger partial charge in [-0.1, -0.05) is 67.9 Å². The number of anilines is 1. The van der Waals surface area contributed by atoms with Crippen molar-refractivity contribution in [2.24, 2.45) is 5.92 Å². The fraction of sp³-hybridized carbons (Fsp3) is 0.233. The molecule has 7 nitrogen and oxygen atoms in total. The third-order valence-corrected chi connectivity index (χ3v) is 7.51. The highest BCUT2D eigenvalue weighted by Gasteiger charge is 2.53. The molecule has 1 aromatic heterocycles. The average Bonchev–Trinajstić information content (AvgIpc) is 3.40. The summed E-state index contributed by atoms with van der Waals surface area (Å²) < 4.78 is 0. The summed E-state index contributed by atoms with van der Waals surface area (Å²) in [5.41, 5.74) is 4.22. The SMILES string of the molecule is CC(C)CNC(=O)c1ccccc1N1C(=O)[C@@H]2Cc3c([nH]c4ccccc34)C(c3cccc(Cl)c3)N2C1=O. The van der Waals surface area contributed by atoms with Crippen LogP contribution in [0.2, 0.25) is 5.02 Å². The molecule has 6 rings (SSSR count). The first-order chi connectivity index (χ1) is 18.3. The predicted octanol–water partition coefficient (Wildman–Crippen LogP) is 5.69. The monoisotopic (exact) mass is 526 g/mol. The molecule has 0 bridgehead atoms. The minimum Gasteiger partial charge on any atom is -0.356 e. The van der Waals surface area contributed by atoms with Crippen LogP contribution in [0.3, 0.4) is 0 Å². The predicted molar refractivity (Wildman–Crippen MR) is 147 cm³/mol. The van der Waals surface area contributed by atoms with E-state index >= 15 is 0 Å². The van der Waals surface area contributed by atoms with Gasteiger partial charge in [-0.3, -0.25) is 14.5 Å². The molecule has 3 heterocycles. The number of fused-ring (bicyclic) bond motifs is 4. The summed E-state index contributed by atoms with van der Waals surface area (Å²) in [6.07, 6.45) is 0.374. The van der Waals surface area contributed by atoms with Crippen molar-refractivity contribution < 1.29 is 14.4 Å². The maximum Gasteiger partial charge on any atom is 0.332 e. The van der Waals surface area contributed by atoms with E-state index in [2.05, 4.69) is 10.3 Å². The summed E-state index contributed by atoms with van der Waals surface area (Å²) in [4.78, 5) is 47.5. The van der Waals surface area contributed by atoms with Gasteiger partial charge < -0.3 is 10.3 Å². The highest BCUT2D eigenvalue weighted by atomic mass is 35.5. The molecule has 4 amide bonds. The smallest absolute Gasteiger partial charge is 0.332 e. The number of urea groups is 1. The number of aromatic nitrogens is 1. The average molecular weight is 527 g/mol. The van der Waals surface area contributed by atoms with Crippen LogP contribution in [-0.2, 0) is 11.2 Å². The first-order valence-corrected chi connectivity index (χ1v) is 13.1. The van der Waals surface area contributed by atoms with Gasteiger partial charge in [-0.2, -0.15) is 0 Å². The Morgan fingerprint density at radius 1 is 1.05 bits per heavy atom. The van der Waals surface area contributed by atoms with Crippen LogP contribution < -0.4 is 10.2 Å². The lowest BCUT2D eigenvalue weighted by molar-refractivity contribution is -0.120. The quantitative estimate of drug-likeness (QED) is 0.328. The lowest BCUT2D eigenvalue weighted by Crippen LogP contribution is -2.44. The molecular weight excluding hydrogens is 500 g/mol. The lowest BCUT2D eigenvalue weighted by Gasteiger charge is -2.36. The molecule has 4 aromatic rings. The number of halogens is 1. The van der Waals surface area contributed by atoms with Gasteiger partial charge in [0.25, 0.3) is 11.8 Å². The Morgan fingerprint density at radius 3 is 2.61 bits per heavy atom. The highest BCUT2D eigenvalue weighted by molar-refractivity contribution is 6.30. The molecule has 2 atom stereocenters.